The number of nitrogens with zero attached hydrogens (tertiary/aromatic N) is 3. The third-order valence-corrected chi connectivity index (χ3v) is 4.13. The summed E-state index contributed by atoms with van der Waals surface area (Å²) in [5, 5.41) is 6.76. The number of likely N-dealkylation sites (N-methyl/N-ethyl adjacent to an activating group) is 1. The fourth-order valence-corrected chi connectivity index (χ4v) is 2.93. The van der Waals surface area contributed by atoms with E-state index in [2.05, 4.69) is 78.8 Å². The van der Waals surface area contributed by atoms with Crippen LogP contribution in [0.4, 0.5) is 17.5 Å². The first-order valence-electron chi connectivity index (χ1n) is 9.18. The van der Waals surface area contributed by atoms with Crippen LogP contribution in [0.3, 0.4) is 0 Å². The summed E-state index contributed by atoms with van der Waals surface area (Å²) in [6.45, 7) is 5.90. The van der Waals surface area contributed by atoms with Crippen molar-refractivity contribution in [2.75, 3.05) is 37.8 Å². The lowest BCUT2D eigenvalue weighted by Gasteiger charge is -2.14. The Hall–Kier alpha value is -2.92. The van der Waals surface area contributed by atoms with Crippen LogP contribution in [0.1, 0.15) is 11.1 Å². The zero-order valence-corrected chi connectivity index (χ0v) is 16.5. The molecule has 0 radical (unpaired) electrons. The van der Waals surface area contributed by atoms with Gasteiger partial charge in [-0.15, -0.1) is 0 Å². The van der Waals surface area contributed by atoms with E-state index in [-0.39, 0.29) is 0 Å². The van der Waals surface area contributed by atoms with Crippen LogP contribution in [0.25, 0.3) is 11.3 Å². The summed E-state index contributed by atoms with van der Waals surface area (Å²) in [6.07, 6.45) is 0. The van der Waals surface area contributed by atoms with E-state index in [1.807, 2.05) is 24.3 Å². The molecule has 0 saturated heterocycles. The molecule has 3 aromatic rings. The molecule has 0 spiro atoms. The highest BCUT2D eigenvalue weighted by Gasteiger charge is 2.08. The third-order valence-electron chi connectivity index (χ3n) is 4.13. The molecule has 0 fully saturated rings. The van der Waals surface area contributed by atoms with E-state index >= 15 is 0 Å². The zero-order chi connectivity index (χ0) is 19.2. The lowest BCUT2D eigenvalue weighted by molar-refractivity contribution is 0.425. The average Bonchev–Trinajstić information content (AvgIpc) is 2.61. The molecule has 0 unspecified atom stereocenters. The molecule has 5 nitrogen and oxygen atoms in total. The fraction of sp³-hybridized carbons (Fsp3) is 0.273. The van der Waals surface area contributed by atoms with Crippen molar-refractivity contribution in [3.8, 4) is 11.3 Å². The Morgan fingerprint density at radius 3 is 2.26 bits per heavy atom. The van der Waals surface area contributed by atoms with Gasteiger partial charge in [0.1, 0.15) is 5.82 Å². The number of aromatic nitrogens is 2. The van der Waals surface area contributed by atoms with Crippen molar-refractivity contribution in [3.05, 3.63) is 65.7 Å². The SMILES string of the molecule is Cc1cc(C)cc(Nc2cc(-c3ccccc3)nc(NCCN(C)C)n2)c1. The van der Waals surface area contributed by atoms with Gasteiger partial charge in [-0.1, -0.05) is 36.4 Å². The second-order valence-electron chi connectivity index (χ2n) is 7.06. The topological polar surface area (TPSA) is 53.1 Å². The Morgan fingerprint density at radius 2 is 1.59 bits per heavy atom. The monoisotopic (exact) mass is 361 g/mol. The summed E-state index contributed by atoms with van der Waals surface area (Å²) in [4.78, 5) is 11.5. The van der Waals surface area contributed by atoms with Gasteiger partial charge in [0, 0.05) is 30.4 Å². The van der Waals surface area contributed by atoms with Gasteiger partial charge >= 0.3 is 0 Å². The number of nitrogens with one attached hydrogen (secondary N) is 2. The van der Waals surface area contributed by atoms with Crippen molar-refractivity contribution in [2.45, 2.75) is 13.8 Å². The van der Waals surface area contributed by atoms with E-state index in [4.69, 9.17) is 4.98 Å². The Labute approximate surface area is 161 Å². The fourth-order valence-electron chi connectivity index (χ4n) is 2.93. The molecule has 140 valence electrons. The van der Waals surface area contributed by atoms with Gasteiger partial charge in [-0.2, -0.15) is 4.98 Å². The number of rotatable bonds is 7. The normalized spacial score (nSPS) is 10.9. The van der Waals surface area contributed by atoms with Crippen LogP contribution in [-0.4, -0.2) is 42.1 Å². The third kappa shape index (κ3) is 5.53. The maximum Gasteiger partial charge on any atom is 0.225 e. The van der Waals surface area contributed by atoms with Crippen molar-refractivity contribution in [1.82, 2.24) is 14.9 Å². The van der Waals surface area contributed by atoms with Crippen LogP contribution in [0, 0.1) is 13.8 Å². The van der Waals surface area contributed by atoms with Gasteiger partial charge in [-0.25, -0.2) is 4.98 Å². The molecular formula is C22H27N5. The maximum absolute atomic E-state index is 4.70. The first kappa shape index (κ1) is 18.9. The second kappa shape index (κ2) is 8.64. The van der Waals surface area contributed by atoms with Crippen LogP contribution in [0.2, 0.25) is 0 Å². The van der Waals surface area contributed by atoms with Gasteiger partial charge < -0.3 is 15.5 Å². The molecule has 0 aliphatic heterocycles. The molecule has 5 heteroatoms. The number of benzene rings is 2. The first-order valence-corrected chi connectivity index (χ1v) is 9.18. The van der Waals surface area contributed by atoms with Crippen molar-refractivity contribution in [2.24, 2.45) is 0 Å². The Morgan fingerprint density at radius 1 is 0.889 bits per heavy atom. The minimum absolute atomic E-state index is 0.630. The lowest BCUT2D eigenvalue weighted by atomic mass is 10.1. The molecule has 2 aromatic carbocycles. The highest BCUT2D eigenvalue weighted by Crippen LogP contribution is 2.24. The van der Waals surface area contributed by atoms with Gasteiger partial charge in [-0.3, -0.25) is 0 Å². The molecule has 1 heterocycles. The van der Waals surface area contributed by atoms with Gasteiger partial charge in [0.25, 0.3) is 0 Å². The lowest BCUT2D eigenvalue weighted by Crippen LogP contribution is -2.21. The minimum atomic E-state index is 0.630. The smallest absolute Gasteiger partial charge is 0.225 e. The first-order chi connectivity index (χ1) is 13.0. The molecule has 0 aliphatic rings. The number of aryl methyl sites for hydroxylation is 2. The number of hydrogen-bond acceptors (Lipinski definition) is 5. The van der Waals surface area contributed by atoms with Crippen LogP contribution in [-0.2, 0) is 0 Å². The molecule has 2 N–H and O–H groups in total. The van der Waals surface area contributed by atoms with Crippen molar-refractivity contribution in [3.63, 3.8) is 0 Å². The summed E-state index contributed by atoms with van der Waals surface area (Å²) >= 11 is 0. The summed E-state index contributed by atoms with van der Waals surface area (Å²) in [5.74, 6) is 1.41. The number of hydrogen-bond donors (Lipinski definition) is 2. The maximum atomic E-state index is 4.70. The average molecular weight is 361 g/mol. The van der Waals surface area contributed by atoms with Crippen LogP contribution in [0.15, 0.2) is 54.6 Å². The van der Waals surface area contributed by atoms with Crippen LogP contribution >= 0.6 is 0 Å². The van der Waals surface area contributed by atoms with E-state index in [0.29, 0.717) is 5.95 Å². The molecule has 0 saturated carbocycles. The summed E-state index contributed by atoms with van der Waals surface area (Å²) < 4.78 is 0. The molecule has 0 aliphatic carbocycles. The van der Waals surface area contributed by atoms with Crippen LogP contribution in [0.5, 0.6) is 0 Å². The molecule has 0 atom stereocenters. The predicted octanol–water partition coefficient (Wildman–Crippen LogP) is 4.48. The summed E-state index contributed by atoms with van der Waals surface area (Å²) in [7, 11) is 4.10. The van der Waals surface area contributed by atoms with Crippen molar-refractivity contribution < 1.29 is 0 Å². The predicted molar refractivity (Wildman–Crippen MR) is 114 cm³/mol. The summed E-state index contributed by atoms with van der Waals surface area (Å²) in [5.41, 5.74) is 5.44. The van der Waals surface area contributed by atoms with E-state index in [0.717, 1.165) is 35.9 Å². The Kier molecular flexibility index (Phi) is 6.04. The minimum Gasteiger partial charge on any atom is -0.353 e. The van der Waals surface area contributed by atoms with Gasteiger partial charge in [0.05, 0.1) is 5.69 Å². The Bertz CT molecular complexity index is 870. The molecule has 27 heavy (non-hydrogen) atoms. The van der Waals surface area contributed by atoms with Gasteiger partial charge in [-0.05, 0) is 51.2 Å². The zero-order valence-electron chi connectivity index (χ0n) is 16.5. The van der Waals surface area contributed by atoms with Crippen molar-refractivity contribution >= 4 is 17.5 Å². The molecule has 0 bridgehead atoms. The standard InChI is InChI=1S/C22H27N5/c1-16-12-17(2)14-19(13-16)24-21-15-20(18-8-6-5-7-9-18)25-22(26-21)23-10-11-27(3)4/h5-9,12-15H,10-11H2,1-4H3,(H2,23,24,25,26). The largest absolute Gasteiger partial charge is 0.353 e. The number of anilines is 3. The molecule has 3 rings (SSSR count). The van der Waals surface area contributed by atoms with E-state index in [9.17, 15) is 0 Å². The van der Waals surface area contributed by atoms with Gasteiger partial charge in [0.15, 0.2) is 0 Å². The van der Waals surface area contributed by atoms with Crippen LogP contribution < -0.4 is 10.6 Å². The van der Waals surface area contributed by atoms with E-state index < -0.39 is 0 Å². The molecule has 0 amide bonds. The highest BCUT2D eigenvalue weighted by molar-refractivity contribution is 5.67. The van der Waals surface area contributed by atoms with E-state index in [1.165, 1.54) is 11.1 Å². The Balaban J connectivity index is 1.91. The van der Waals surface area contributed by atoms with Gasteiger partial charge in [0.2, 0.25) is 5.95 Å². The highest BCUT2D eigenvalue weighted by atomic mass is 15.2. The summed E-state index contributed by atoms with van der Waals surface area (Å²) in [6, 6.07) is 18.6. The quantitative estimate of drug-likeness (QED) is 0.650. The van der Waals surface area contributed by atoms with E-state index in [1.54, 1.807) is 0 Å². The molecular weight excluding hydrogens is 334 g/mol. The molecule has 1 aromatic heterocycles. The second-order valence-corrected chi connectivity index (χ2v) is 7.06. The van der Waals surface area contributed by atoms with Crippen molar-refractivity contribution in [1.29, 1.82) is 0 Å².